The molecule has 1 N–H and O–H groups in total. The van der Waals surface area contributed by atoms with Gasteiger partial charge in [-0.2, -0.15) is 5.10 Å². The number of imide groups is 1. The minimum atomic E-state index is -0.396. The first-order chi connectivity index (χ1) is 10.7. The number of hydrogen-bond acceptors (Lipinski definition) is 3. The third kappa shape index (κ3) is 2.86. The van der Waals surface area contributed by atoms with Gasteiger partial charge in [-0.15, -0.1) is 0 Å². The number of carbonyl (C=O) groups excluding carboxylic acids is 2. The van der Waals surface area contributed by atoms with Gasteiger partial charge in [-0.25, -0.2) is 4.79 Å². The maximum atomic E-state index is 12.1. The summed E-state index contributed by atoms with van der Waals surface area (Å²) >= 11 is 0. The predicted octanol–water partition coefficient (Wildman–Crippen LogP) is 1.76. The van der Waals surface area contributed by atoms with E-state index in [-0.39, 0.29) is 18.5 Å². The first-order valence-electron chi connectivity index (χ1n) is 7.34. The molecule has 0 saturated carbocycles. The summed E-state index contributed by atoms with van der Waals surface area (Å²) < 4.78 is 1.81. The zero-order valence-electron chi connectivity index (χ0n) is 12.4. The Kier molecular flexibility index (Phi) is 3.91. The molecule has 22 heavy (non-hydrogen) atoms. The zero-order chi connectivity index (χ0) is 15.5. The van der Waals surface area contributed by atoms with E-state index in [0.717, 1.165) is 11.1 Å². The van der Waals surface area contributed by atoms with Crippen LogP contribution in [0, 0.1) is 0 Å². The third-order valence-electron chi connectivity index (χ3n) is 3.73. The second-order valence-electron chi connectivity index (χ2n) is 5.37. The average molecular weight is 298 g/mol. The lowest BCUT2D eigenvalue weighted by atomic mass is 10.2. The lowest BCUT2D eigenvalue weighted by Crippen LogP contribution is -2.30. The van der Waals surface area contributed by atoms with Crippen LogP contribution in [0.15, 0.2) is 42.7 Å². The fourth-order valence-electron chi connectivity index (χ4n) is 2.53. The van der Waals surface area contributed by atoms with Crippen LogP contribution < -0.4 is 5.32 Å². The summed E-state index contributed by atoms with van der Waals surface area (Å²) in [5.74, 6) is -0.164. The molecule has 1 aromatic heterocycles. The van der Waals surface area contributed by atoms with Crippen molar-refractivity contribution >= 4 is 11.9 Å². The highest BCUT2D eigenvalue weighted by atomic mass is 16.2. The van der Waals surface area contributed by atoms with E-state index >= 15 is 0 Å². The summed E-state index contributed by atoms with van der Waals surface area (Å²) in [5.41, 5.74) is 1.99. The van der Waals surface area contributed by atoms with Crippen LogP contribution in [-0.2, 0) is 17.9 Å². The molecule has 6 heteroatoms. The summed E-state index contributed by atoms with van der Waals surface area (Å²) in [7, 11) is 0. The molecule has 1 atom stereocenters. The van der Waals surface area contributed by atoms with Gasteiger partial charge >= 0.3 is 6.03 Å². The Labute approximate surface area is 128 Å². The average Bonchev–Trinajstić information content (AvgIpc) is 3.07. The summed E-state index contributed by atoms with van der Waals surface area (Å²) in [6.45, 7) is 2.80. The number of benzene rings is 1. The molecule has 1 saturated heterocycles. The zero-order valence-corrected chi connectivity index (χ0v) is 12.4. The number of rotatable bonds is 5. The topological polar surface area (TPSA) is 67.2 Å². The Hall–Kier alpha value is -2.63. The van der Waals surface area contributed by atoms with Crippen LogP contribution in [0.1, 0.15) is 24.5 Å². The van der Waals surface area contributed by atoms with Gasteiger partial charge in [0.15, 0.2) is 0 Å². The lowest BCUT2D eigenvalue weighted by Gasteiger charge is -2.10. The maximum Gasteiger partial charge on any atom is 0.325 e. The van der Waals surface area contributed by atoms with Crippen molar-refractivity contribution in [3.05, 3.63) is 53.9 Å². The van der Waals surface area contributed by atoms with Gasteiger partial charge in [0.05, 0.1) is 19.3 Å². The molecule has 0 spiro atoms. The second-order valence-corrected chi connectivity index (χ2v) is 5.37. The number of carbonyl (C=O) groups is 2. The van der Waals surface area contributed by atoms with Crippen LogP contribution in [0.25, 0.3) is 0 Å². The van der Waals surface area contributed by atoms with E-state index in [0.29, 0.717) is 13.0 Å². The largest absolute Gasteiger partial charge is 0.326 e. The highest BCUT2D eigenvalue weighted by Gasteiger charge is 2.36. The molecule has 6 nitrogen and oxygen atoms in total. The van der Waals surface area contributed by atoms with E-state index < -0.39 is 6.04 Å². The standard InChI is InChI=1S/C16H18N4O2/c1-2-14-15(21)20(16(22)18-14)11-13-8-17-19(10-13)9-12-6-4-3-5-7-12/h3-8,10,14H,2,9,11H2,1H3,(H,18,22)/t14-/m0/s1. The summed E-state index contributed by atoms with van der Waals surface area (Å²) in [6.07, 6.45) is 4.17. The molecule has 1 fully saturated rings. The minimum Gasteiger partial charge on any atom is -0.326 e. The van der Waals surface area contributed by atoms with Crippen molar-refractivity contribution in [1.29, 1.82) is 0 Å². The molecule has 3 rings (SSSR count). The van der Waals surface area contributed by atoms with Crippen LogP contribution in [0.4, 0.5) is 4.79 Å². The van der Waals surface area contributed by atoms with Gasteiger partial charge in [-0.3, -0.25) is 14.4 Å². The quantitative estimate of drug-likeness (QED) is 0.855. The first-order valence-corrected chi connectivity index (χ1v) is 7.34. The molecule has 1 aliphatic rings. The van der Waals surface area contributed by atoms with Gasteiger partial charge in [0.2, 0.25) is 0 Å². The minimum absolute atomic E-state index is 0.164. The number of nitrogens with zero attached hydrogens (tertiary/aromatic N) is 3. The van der Waals surface area contributed by atoms with E-state index in [1.807, 2.05) is 43.5 Å². The summed E-state index contributed by atoms with van der Waals surface area (Å²) in [5, 5.41) is 6.97. The molecule has 0 unspecified atom stereocenters. The predicted molar refractivity (Wildman–Crippen MR) is 80.9 cm³/mol. The van der Waals surface area contributed by atoms with Gasteiger partial charge in [-0.05, 0) is 12.0 Å². The molecule has 1 aromatic carbocycles. The third-order valence-corrected chi connectivity index (χ3v) is 3.73. The second kappa shape index (κ2) is 6.01. The summed E-state index contributed by atoms with van der Waals surface area (Å²) in [4.78, 5) is 25.1. The van der Waals surface area contributed by atoms with Crippen LogP contribution in [0.2, 0.25) is 0 Å². The van der Waals surface area contributed by atoms with Crippen molar-refractivity contribution in [3.8, 4) is 0 Å². The van der Waals surface area contributed by atoms with Crippen LogP contribution in [-0.4, -0.2) is 32.7 Å². The smallest absolute Gasteiger partial charge is 0.325 e. The van der Waals surface area contributed by atoms with Crippen molar-refractivity contribution in [2.24, 2.45) is 0 Å². The monoisotopic (exact) mass is 298 g/mol. The van der Waals surface area contributed by atoms with E-state index in [4.69, 9.17) is 0 Å². The maximum absolute atomic E-state index is 12.1. The van der Waals surface area contributed by atoms with Gasteiger partial charge in [0.25, 0.3) is 5.91 Å². The van der Waals surface area contributed by atoms with Gasteiger partial charge < -0.3 is 5.32 Å². The Morgan fingerprint density at radius 2 is 1.91 bits per heavy atom. The van der Waals surface area contributed by atoms with Crippen molar-refractivity contribution < 1.29 is 9.59 Å². The molecule has 0 aliphatic carbocycles. The molecule has 114 valence electrons. The van der Waals surface area contributed by atoms with Gasteiger partial charge in [0.1, 0.15) is 6.04 Å². The fraction of sp³-hybridized carbons (Fsp3) is 0.312. The van der Waals surface area contributed by atoms with Crippen LogP contribution >= 0.6 is 0 Å². The number of aromatic nitrogens is 2. The van der Waals surface area contributed by atoms with Crippen molar-refractivity contribution in [1.82, 2.24) is 20.0 Å². The molecule has 0 radical (unpaired) electrons. The van der Waals surface area contributed by atoms with E-state index in [1.54, 1.807) is 10.9 Å². The Morgan fingerprint density at radius 3 is 2.59 bits per heavy atom. The molecule has 1 aliphatic heterocycles. The summed E-state index contributed by atoms with van der Waals surface area (Å²) in [6, 6.07) is 9.28. The highest BCUT2D eigenvalue weighted by molar-refractivity contribution is 6.04. The molecule has 2 aromatic rings. The lowest BCUT2D eigenvalue weighted by molar-refractivity contribution is -0.127. The van der Waals surface area contributed by atoms with Crippen molar-refractivity contribution in [2.75, 3.05) is 0 Å². The van der Waals surface area contributed by atoms with Gasteiger partial charge in [-0.1, -0.05) is 37.3 Å². The van der Waals surface area contributed by atoms with Crippen LogP contribution in [0.5, 0.6) is 0 Å². The number of hydrogen-bond donors (Lipinski definition) is 1. The van der Waals surface area contributed by atoms with E-state index in [9.17, 15) is 9.59 Å². The Morgan fingerprint density at radius 1 is 1.14 bits per heavy atom. The number of amides is 3. The first kappa shape index (κ1) is 14.3. The van der Waals surface area contributed by atoms with Crippen molar-refractivity contribution in [2.45, 2.75) is 32.5 Å². The van der Waals surface area contributed by atoms with Crippen molar-refractivity contribution in [3.63, 3.8) is 0 Å². The fourth-order valence-corrected chi connectivity index (χ4v) is 2.53. The Balaban J connectivity index is 1.67. The highest BCUT2D eigenvalue weighted by Crippen LogP contribution is 2.13. The van der Waals surface area contributed by atoms with E-state index in [1.165, 1.54) is 4.90 Å². The van der Waals surface area contributed by atoms with E-state index in [2.05, 4.69) is 10.4 Å². The molecule has 2 heterocycles. The Bertz CT molecular complexity index is 680. The van der Waals surface area contributed by atoms with Crippen LogP contribution in [0.3, 0.4) is 0 Å². The molecule has 0 bridgehead atoms. The number of urea groups is 1. The SMILES string of the molecule is CC[C@@H]1NC(=O)N(Cc2cnn(Cc3ccccc3)c2)C1=O. The number of nitrogens with one attached hydrogen (secondary N) is 1. The normalized spacial score (nSPS) is 17.9. The molecule has 3 amide bonds. The molecular formula is C16H18N4O2. The molecular weight excluding hydrogens is 280 g/mol. The van der Waals surface area contributed by atoms with Gasteiger partial charge in [0, 0.05) is 11.8 Å².